The van der Waals surface area contributed by atoms with Gasteiger partial charge in [-0.05, 0) is 38.4 Å². The number of hydrogen-bond donors (Lipinski definition) is 1. The molecule has 1 atom stereocenters. The largest absolute Gasteiger partial charge is 0.316 e. The van der Waals surface area contributed by atoms with Crippen molar-refractivity contribution in [3.05, 3.63) is 33.4 Å². The first-order chi connectivity index (χ1) is 9.77. The topological polar surface area (TPSA) is 92.6 Å². The predicted octanol–water partition coefficient (Wildman–Crippen LogP) is 1.62. The van der Waals surface area contributed by atoms with Crippen LogP contribution in [0.25, 0.3) is 0 Å². The molecule has 1 aliphatic heterocycles. The molecule has 0 aromatic heterocycles. The molecule has 1 N–H and O–H groups in total. The first-order valence-corrected chi connectivity index (χ1v) is 8.14. The number of sulfonamides is 1. The van der Waals surface area contributed by atoms with Gasteiger partial charge < -0.3 is 5.32 Å². The molecule has 1 aromatic carbocycles. The summed E-state index contributed by atoms with van der Waals surface area (Å²) in [6, 6.07) is 2.68. The van der Waals surface area contributed by atoms with E-state index in [0.29, 0.717) is 24.2 Å². The van der Waals surface area contributed by atoms with Crippen molar-refractivity contribution in [1.29, 1.82) is 0 Å². The summed E-state index contributed by atoms with van der Waals surface area (Å²) in [7, 11) is -1.91. The summed E-state index contributed by atoms with van der Waals surface area (Å²) in [6.07, 6.45) is 0.739. The molecular weight excluding hydrogens is 330 g/mol. The molecule has 0 saturated carbocycles. The number of nitro benzene ring substituents is 1. The lowest BCUT2D eigenvalue weighted by Gasteiger charge is -2.18. The molecule has 1 aliphatic rings. The van der Waals surface area contributed by atoms with Crippen molar-refractivity contribution in [2.45, 2.75) is 31.2 Å². The highest BCUT2D eigenvalue weighted by Gasteiger charge is 2.34. The van der Waals surface area contributed by atoms with Gasteiger partial charge in [0.05, 0.1) is 9.82 Å². The Morgan fingerprint density at radius 1 is 1.36 bits per heavy atom. The highest BCUT2D eigenvalue weighted by molar-refractivity contribution is 7.89. The van der Waals surface area contributed by atoms with Gasteiger partial charge in [-0.1, -0.05) is 0 Å². The van der Waals surface area contributed by atoms with Gasteiger partial charge in [-0.15, -0.1) is 12.4 Å². The molecule has 2 rings (SSSR count). The number of halogens is 1. The molecule has 1 unspecified atom stereocenters. The molecule has 0 amide bonds. The van der Waals surface area contributed by atoms with E-state index in [9.17, 15) is 18.5 Å². The number of nitrogens with one attached hydrogen (secondary N) is 1. The molecule has 0 bridgehead atoms. The van der Waals surface area contributed by atoms with Crippen LogP contribution in [0.15, 0.2) is 17.0 Å². The predicted molar refractivity (Wildman–Crippen MR) is 86.0 cm³/mol. The van der Waals surface area contributed by atoms with Crippen molar-refractivity contribution in [2.24, 2.45) is 0 Å². The highest BCUT2D eigenvalue weighted by Crippen LogP contribution is 2.29. The minimum atomic E-state index is -3.70. The van der Waals surface area contributed by atoms with Crippen LogP contribution >= 0.6 is 12.4 Å². The van der Waals surface area contributed by atoms with Crippen molar-refractivity contribution < 1.29 is 13.3 Å². The van der Waals surface area contributed by atoms with E-state index in [2.05, 4.69) is 5.32 Å². The standard InChI is InChI=1S/C13H19N3O4S.ClH/c1-9-6-12(16(17)18)7-13(10(9)2)21(19,20)15-5-4-11(8-15)14-3;/h6-7,11,14H,4-5,8H2,1-3H3;1H. The summed E-state index contributed by atoms with van der Waals surface area (Å²) in [4.78, 5) is 10.4. The number of likely N-dealkylation sites (N-methyl/N-ethyl adjacent to an activating group) is 1. The maximum atomic E-state index is 12.7. The Morgan fingerprint density at radius 3 is 2.50 bits per heavy atom. The molecule has 124 valence electrons. The minimum Gasteiger partial charge on any atom is -0.316 e. The average molecular weight is 350 g/mol. The second kappa shape index (κ2) is 6.91. The van der Waals surface area contributed by atoms with Crippen LogP contribution in [-0.4, -0.2) is 43.8 Å². The lowest BCUT2D eigenvalue weighted by molar-refractivity contribution is -0.385. The summed E-state index contributed by atoms with van der Waals surface area (Å²) < 4.78 is 26.8. The van der Waals surface area contributed by atoms with Gasteiger partial charge in [-0.25, -0.2) is 8.42 Å². The molecule has 9 heteroatoms. The van der Waals surface area contributed by atoms with E-state index in [1.165, 1.54) is 10.4 Å². The summed E-state index contributed by atoms with van der Waals surface area (Å²) in [5, 5.41) is 14.0. The second-order valence-corrected chi connectivity index (χ2v) is 7.19. The Hall–Kier alpha value is -1.22. The molecule has 1 aromatic rings. The smallest absolute Gasteiger partial charge is 0.271 e. The van der Waals surface area contributed by atoms with Crippen LogP contribution in [0, 0.1) is 24.0 Å². The zero-order chi connectivity index (χ0) is 15.8. The summed E-state index contributed by atoms with van der Waals surface area (Å²) in [5.74, 6) is 0. The van der Waals surface area contributed by atoms with E-state index in [4.69, 9.17) is 0 Å². The lowest BCUT2D eigenvalue weighted by Crippen LogP contribution is -2.33. The van der Waals surface area contributed by atoms with Crippen molar-refractivity contribution in [1.82, 2.24) is 9.62 Å². The van der Waals surface area contributed by atoms with E-state index in [-0.39, 0.29) is 29.0 Å². The van der Waals surface area contributed by atoms with Gasteiger partial charge in [0.25, 0.3) is 5.69 Å². The van der Waals surface area contributed by atoms with Crippen LogP contribution in [0.4, 0.5) is 5.69 Å². The number of non-ortho nitro benzene ring substituents is 1. The Labute approximate surface area is 136 Å². The van der Waals surface area contributed by atoms with Crippen LogP contribution in [-0.2, 0) is 10.0 Å². The Morgan fingerprint density at radius 2 is 2.00 bits per heavy atom. The Kier molecular flexibility index (Phi) is 5.91. The number of aryl methyl sites for hydroxylation is 1. The van der Waals surface area contributed by atoms with Crippen molar-refractivity contribution in [3.63, 3.8) is 0 Å². The quantitative estimate of drug-likeness (QED) is 0.658. The number of hydrogen-bond acceptors (Lipinski definition) is 5. The van der Waals surface area contributed by atoms with Gasteiger partial charge in [-0.2, -0.15) is 4.31 Å². The normalized spacial score (nSPS) is 19.0. The van der Waals surface area contributed by atoms with Crippen LogP contribution < -0.4 is 5.32 Å². The van der Waals surface area contributed by atoms with Crippen LogP contribution in [0.5, 0.6) is 0 Å². The third kappa shape index (κ3) is 3.40. The monoisotopic (exact) mass is 349 g/mol. The van der Waals surface area contributed by atoms with Crippen molar-refractivity contribution in [3.8, 4) is 0 Å². The van der Waals surface area contributed by atoms with Crippen LogP contribution in [0.2, 0.25) is 0 Å². The number of rotatable bonds is 4. The van der Waals surface area contributed by atoms with Crippen LogP contribution in [0.3, 0.4) is 0 Å². The molecule has 22 heavy (non-hydrogen) atoms. The van der Waals surface area contributed by atoms with E-state index in [1.807, 2.05) is 0 Å². The third-order valence-electron chi connectivity index (χ3n) is 3.99. The fourth-order valence-corrected chi connectivity index (χ4v) is 4.32. The van der Waals surface area contributed by atoms with E-state index >= 15 is 0 Å². The van der Waals surface area contributed by atoms with Gasteiger partial charge in [0.15, 0.2) is 0 Å². The summed E-state index contributed by atoms with van der Waals surface area (Å²) in [5.41, 5.74) is 0.974. The Bertz CT molecular complexity index is 678. The fourth-order valence-electron chi connectivity index (χ4n) is 2.50. The number of benzene rings is 1. The molecule has 7 nitrogen and oxygen atoms in total. The first kappa shape index (κ1) is 18.8. The van der Waals surface area contributed by atoms with Gasteiger partial charge in [0, 0.05) is 31.3 Å². The van der Waals surface area contributed by atoms with Crippen molar-refractivity contribution >= 4 is 28.1 Å². The average Bonchev–Trinajstić information content (AvgIpc) is 2.90. The van der Waals surface area contributed by atoms with Crippen molar-refractivity contribution in [2.75, 3.05) is 20.1 Å². The molecule has 1 saturated heterocycles. The molecule has 1 fully saturated rings. The molecule has 0 spiro atoms. The Balaban J connectivity index is 0.00000242. The second-order valence-electron chi connectivity index (χ2n) is 5.28. The lowest BCUT2D eigenvalue weighted by atomic mass is 10.1. The van der Waals surface area contributed by atoms with E-state index in [1.54, 1.807) is 20.9 Å². The molecular formula is C13H20ClN3O4S. The minimum absolute atomic E-state index is 0. The number of nitrogens with zero attached hydrogens (tertiary/aromatic N) is 2. The summed E-state index contributed by atoms with van der Waals surface area (Å²) >= 11 is 0. The first-order valence-electron chi connectivity index (χ1n) is 6.70. The summed E-state index contributed by atoms with van der Waals surface area (Å²) in [6.45, 7) is 4.17. The highest BCUT2D eigenvalue weighted by atomic mass is 35.5. The molecule has 0 radical (unpaired) electrons. The third-order valence-corrected chi connectivity index (χ3v) is 5.98. The number of nitro groups is 1. The van der Waals surface area contributed by atoms with Gasteiger partial charge in [0.1, 0.15) is 0 Å². The van der Waals surface area contributed by atoms with Gasteiger partial charge in [0.2, 0.25) is 10.0 Å². The van der Waals surface area contributed by atoms with Gasteiger partial charge >= 0.3 is 0 Å². The maximum Gasteiger partial charge on any atom is 0.271 e. The maximum absolute atomic E-state index is 12.7. The molecule has 1 heterocycles. The van der Waals surface area contributed by atoms with E-state index < -0.39 is 14.9 Å². The molecule has 0 aliphatic carbocycles. The fraction of sp³-hybridized carbons (Fsp3) is 0.538. The zero-order valence-corrected chi connectivity index (χ0v) is 14.3. The SMILES string of the molecule is CNC1CCN(S(=O)(=O)c2cc([N+](=O)[O-])cc(C)c2C)C1.Cl. The van der Waals surface area contributed by atoms with Gasteiger partial charge in [-0.3, -0.25) is 10.1 Å². The zero-order valence-electron chi connectivity index (χ0n) is 12.7. The van der Waals surface area contributed by atoms with E-state index in [0.717, 1.165) is 12.5 Å². The van der Waals surface area contributed by atoms with Crippen LogP contribution in [0.1, 0.15) is 17.5 Å².